The fourth-order valence-corrected chi connectivity index (χ4v) is 3.02. The molecule has 4 nitrogen and oxygen atoms in total. The zero-order chi connectivity index (χ0) is 12.9. The van der Waals surface area contributed by atoms with Crippen molar-refractivity contribution in [1.29, 1.82) is 0 Å². The second-order valence-electron chi connectivity index (χ2n) is 4.74. The molecule has 0 aliphatic carbocycles. The zero-order valence-electron chi connectivity index (χ0n) is 10.0. The normalized spacial score (nSPS) is 22.9. The van der Waals surface area contributed by atoms with Crippen molar-refractivity contribution in [3.63, 3.8) is 0 Å². The molecule has 0 spiro atoms. The molecule has 3 rings (SSSR count). The summed E-state index contributed by atoms with van der Waals surface area (Å²) in [6.45, 7) is 2.60. The molecule has 1 aromatic carbocycles. The van der Waals surface area contributed by atoms with Crippen LogP contribution < -0.4 is 4.90 Å². The van der Waals surface area contributed by atoms with Gasteiger partial charge in [0.15, 0.2) is 0 Å². The molecule has 5 heteroatoms. The van der Waals surface area contributed by atoms with Gasteiger partial charge in [-0.3, -0.25) is 4.79 Å². The summed E-state index contributed by atoms with van der Waals surface area (Å²) in [5.41, 5.74) is 1.62. The van der Waals surface area contributed by atoms with Gasteiger partial charge >= 0.3 is 6.03 Å². The molecule has 0 radical (unpaired) electrons. The molecule has 2 heterocycles. The van der Waals surface area contributed by atoms with Crippen molar-refractivity contribution in [2.45, 2.75) is 25.8 Å². The molecule has 1 atom stereocenters. The van der Waals surface area contributed by atoms with Gasteiger partial charge in [-0.05, 0) is 37.5 Å². The molecule has 2 fully saturated rings. The minimum atomic E-state index is -0.240. The fourth-order valence-electron chi connectivity index (χ4n) is 2.67. The van der Waals surface area contributed by atoms with Gasteiger partial charge in [0.05, 0.1) is 5.69 Å². The van der Waals surface area contributed by atoms with Crippen LogP contribution >= 0.6 is 15.9 Å². The Labute approximate surface area is 114 Å². The van der Waals surface area contributed by atoms with E-state index in [-0.39, 0.29) is 18.0 Å². The second kappa shape index (κ2) is 4.09. The van der Waals surface area contributed by atoms with E-state index < -0.39 is 0 Å². The Kier molecular flexibility index (Phi) is 2.66. The molecule has 1 unspecified atom stereocenters. The van der Waals surface area contributed by atoms with E-state index in [4.69, 9.17) is 0 Å². The summed E-state index contributed by atoms with van der Waals surface area (Å²) in [7, 11) is 0. The van der Waals surface area contributed by atoms with Gasteiger partial charge in [-0.1, -0.05) is 22.0 Å². The predicted molar refractivity (Wildman–Crippen MR) is 71.5 cm³/mol. The highest BCUT2D eigenvalue weighted by molar-refractivity contribution is 9.10. The van der Waals surface area contributed by atoms with Gasteiger partial charge in [0, 0.05) is 11.0 Å². The number of rotatable bonds is 1. The Balaban J connectivity index is 2.05. The predicted octanol–water partition coefficient (Wildman–Crippen LogP) is 2.69. The van der Waals surface area contributed by atoms with Crippen LogP contribution in [0.1, 0.15) is 18.4 Å². The Bertz CT molecular complexity index is 522. The van der Waals surface area contributed by atoms with Crippen LogP contribution in [0.3, 0.4) is 0 Å². The third kappa shape index (κ3) is 1.57. The number of aryl methyl sites for hydroxylation is 1. The number of anilines is 1. The molecule has 0 bridgehead atoms. The number of hydrogen-bond acceptors (Lipinski definition) is 2. The summed E-state index contributed by atoms with van der Waals surface area (Å²) < 4.78 is 0.871. The number of amides is 3. The van der Waals surface area contributed by atoms with E-state index in [1.165, 1.54) is 4.90 Å². The van der Waals surface area contributed by atoms with Crippen LogP contribution in [0.15, 0.2) is 22.7 Å². The van der Waals surface area contributed by atoms with E-state index in [1.54, 1.807) is 4.90 Å². The lowest BCUT2D eigenvalue weighted by Crippen LogP contribution is -2.33. The number of carbonyl (C=O) groups is 2. The summed E-state index contributed by atoms with van der Waals surface area (Å²) >= 11 is 3.38. The molecule has 18 heavy (non-hydrogen) atoms. The highest BCUT2D eigenvalue weighted by atomic mass is 79.9. The molecule has 94 valence electrons. The number of urea groups is 1. The van der Waals surface area contributed by atoms with E-state index in [0.29, 0.717) is 12.2 Å². The van der Waals surface area contributed by atoms with Gasteiger partial charge < -0.3 is 4.90 Å². The lowest BCUT2D eigenvalue weighted by molar-refractivity contribution is -0.119. The van der Waals surface area contributed by atoms with Gasteiger partial charge in [0.25, 0.3) is 5.91 Å². The van der Waals surface area contributed by atoms with Crippen molar-refractivity contribution < 1.29 is 9.59 Å². The summed E-state index contributed by atoms with van der Waals surface area (Å²) in [5.74, 6) is -0.0845. The van der Waals surface area contributed by atoms with E-state index in [1.807, 2.05) is 25.1 Å². The number of imide groups is 1. The van der Waals surface area contributed by atoms with Crippen LogP contribution in [0.4, 0.5) is 10.5 Å². The van der Waals surface area contributed by atoms with Crippen molar-refractivity contribution in [2.75, 3.05) is 11.4 Å². The summed E-state index contributed by atoms with van der Waals surface area (Å²) in [5, 5.41) is 0. The van der Waals surface area contributed by atoms with Crippen LogP contribution in [-0.2, 0) is 4.79 Å². The van der Waals surface area contributed by atoms with Crippen LogP contribution in [0.5, 0.6) is 0 Å². The standard InChI is InChI=1S/C13H13BrN2O2/c1-8-4-5-9(14)7-11(8)16-12(17)10-3-2-6-15(10)13(16)18/h4-5,7,10H,2-3,6H2,1H3. The summed E-state index contributed by atoms with van der Waals surface area (Å²) in [6.07, 6.45) is 1.71. The van der Waals surface area contributed by atoms with Crippen LogP contribution in [0.25, 0.3) is 0 Å². The Morgan fingerprint density at radius 2 is 2.11 bits per heavy atom. The maximum absolute atomic E-state index is 12.3. The largest absolute Gasteiger partial charge is 0.332 e. The Morgan fingerprint density at radius 3 is 2.83 bits per heavy atom. The molecular formula is C13H13BrN2O2. The number of fused-ring (bicyclic) bond motifs is 1. The van der Waals surface area contributed by atoms with Crippen LogP contribution in [0, 0.1) is 6.92 Å². The van der Waals surface area contributed by atoms with Gasteiger partial charge in [-0.25, -0.2) is 9.69 Å². The van der Waals surface area contributed by atoms with Gasteiger partial charge in [-0.2, -0.15) is 0 Å². The monoisotopic (exact) mass is 308 g/mol. The highest BCUT2D eigenvalue weighted by Gasteiger charge is 2.48. The first kappa shape index (κ1) is 11.7. The fraction of sp³-hybridized carbons (Fsp3) is 0.385. The third-order valence-electron chi connectivity index (χ3n) is 3.61. The molecule has 0 saturated carbocycles. The topological polar surface area (TPSA) is 40.6 Å². The van der Waals surface area contributed by atoms with Crippen molar-refractivity contribution >= 4 is 33.6 Å². The minimum Gasteiger partial charge on any atom is -0.312 e. The van der Waals surface area contributed by atoms with Crippen LogP contribution in [-0.4, -0.2) is 29.4 Å². The summed E-state index contributed by atoms with van der Waals surface area (Å²) in [4.78, 5) is 27.6. The number of benzene rings is 1. The highest BCUT2D eigenvalue weighted by Crippen LogP contribution is 2.34. The molecular weight excluding hydrogens is 296 g/mol. The lowest BCUT2D eigenvalue weighted by Gasteiger charge is -2.17. The number of hydrogen-bond donors (Lipinski definition) is 0. The smallest absolute Gasteiger partial charge is 0.312 e. The van der Waals surface area contributed by atoms with Gasteiger partial charge in [0.2, 0.25) is 0 Å². The first-order valence-electron chi connectivity index (χ1n) is 6.00. The van der Waals surface area contributed by atoms with Crippen molar-refractivity contribution in [2.24, 2.45) is 0 Å². The lowest BCUT2D eigenvalue weighted by atomic mass is 10.1. The van der Waals surface area contributed by atoms with E-state index in [9.17, 15) is 9.59 Å². The van der Waals surface area contributed by atoms with Gasteiger partial charge in [-0.15, -0.1) is 0 Å². The summed E-state index contributed by atoms with van der Waals surface area (Å²) in [6, 6.07) is 5.22. The number of carbonyl (C=O) groups excluding carboxylic acids is 2. The molecule has 2 aliphatic heterocycles. The van der Waals surface area contributed by atoms with E-state index >= 15 is 0 Å². The molecule has 0 N–H and O–H groups in total. The quantitative estimate of drug-likeness (QED) is 0.748. The minimum absolute atomic E-state index is 0.0845. The third-order valence-corrected chi connectivity index (χ3v) is 4.10. The second-order valence-corrected chi connectivity index (χ2v) is 5.65. The average Bonchev–Trinajstić information content (AvgIpc) is 2.89. The van der Waals surface area contributed by atoms with Crippen molar-refractivity contribution in [3.05, 3.63) is 28.2 Å². The van der Waals surface area contributed by atoms with Crippen molar-refractivity contribution in [1.82, 2.24) is 4.90 Å². The average molecular weight is 309 g/mol. The molecule has 2 aliphatic rings. The number of nitrogens with zero attached hydrogens (tertiary/aromatic N) is 2. The maximum atomic E-state index is 12.3. The van der Waals surface area contributed by atoms with E-state index in [2.05, 4.69) is 15.9 Å². The molecule has 0 aromatic heterocycles. The zero-order valence-corrected chi connectivity index (χ0v) is 11.6. The van der Waals surface area contributed by atoms with Gasteiger partial charge in [0.1, 0.15) is 6.04 Å². The first-order valence-corrected chi connectivity index (χ1v) is 6.79. The molecule has 1 aromatic rings. The maximum Gasteiger partial charge on any atom is 0.332 e. The first-order chi connectivity index (χ1) is 8.59. The Hall–Kier alpha value is -1.36. The number of halogens is 1. The van der Waals surface area contributed by atoms with Crippen molar-refractivity contribution in [3.8, 4) is 0 Å². The molecule has 3 amide bonds. The SMILES string of the molecule is Cc1ccc(Br)cc1N1C(=O)C2CCCN2C1=O. The van der Waals surface area contributed by atoms with E-state index in [0.717, 1.165) is 22.9 Å². The Morgan fingerprint density at radius 1 is 1.33 bits per heavy atom. The molecule has 2 saturated heterocycles. The van der Waals surface area contributed by atoms with Crippen LogP contribution in [0.2, 0.25) is 0 Å².